The molecule has 23 heavy (non-hydrogen) atoms. The number of hydrogen-bond donors (Lipinski definition) is 0. The summed E-state index contributed by atoms with van der Waals surface area (Å²) in [7, 11) is 0. The first-order valence-corrected chi connectivity index (χ1v) is 7.60. The van der Waals surface area contributed by atoms with Crippen molar-refractivity contribution in [2.45, 2.75) is 0 Å². The van der Waals surface area contributed by atoms with E-state index in [0.29, 0.717) is 26.9 Å². The molecule has 4 nitrogen and oxygen atoms in total. The number of fused-ring (bicyclic) bond motifs is 1. The monoisotopic (exact) mass is 341 g/mol. The maximum Gasteiger partial charge on any atom is 0.144 e. The van der Waals surface area contributed by atoms with E-state index >= 15 is 0 Å². The van der Waals surface area contributed by atoms with Gasteiger partial charge < -0.3 is 4.52 Å². The Hall–Kier alpha value is -2.43. The van der Waals surface area contributed by atoms with Crippen LogP contribution >= 0.6 is 23.2 Å². The number of aromatic nitrogens is 3. The van der Waals surface area contributed by atoms with E-state index in [1.807, 2.05) is 36.4 Å². The van der Waals surface area contributed by atoms with E-state index in [-0.39, 0.29) is 0 Å². The van der Waals surface area contributed by atoms with Crippen LogP contribution in [0.25, 0.3) is 33.4 Å². The van der Waals surface area contributed by atoms with Crippen molar-refractivity contribution in [3.63, 3.8) is 0 Å². The molecular formula is C17H9Cl2N3O. The van der Waals surface area contributed by atoms with Crippen LogP contribution in [0.3, 0.4) is 0 Å². The van der Waals surface area contributed by atoms with Crippen LogP contribution in [0.2, 0.25) is 10.0 Å². The molecule has 0 amide bonds. The first-order chi connectivity index (χ1) is 11.2. The van der Waals surface area contributed by atoms with Crippen LogP contribution in [-0.4, -0.2) is 15.4 Å². The van der Waals surface area contributed by atoms with Crippen LogP contribution in [-0.2, 0) is 0 Å². The van der Waals surface area contributed by atoms with Gasteiger partial charge >= 0.3 is 0 Å². The molecule has 0 aliphatic rings. The molecule has 0 aliphatic carbocycles. The molecule has 2 aromatic heterocycles. The molecule has 0 unspecified atom stereocenters. The molecule has 0 radical (unpaired) electrons. The first-order valence-electron chi connectivity index (χ1n) is 6.85. The third-order valence-electron chi connectivity index (χ3n) is 3.53. The smallest absolute Gasteiger partial charge is 0.144 e. The minimum atomic E-state index is 0.656. The number of benzene rings is 2. The van der Waals surface area contributed by atoms with Crippen molar-refractivity contribution in [2.24, 2.45) is 0 Å². The zero-order valence-electron chi connectivity index (χ0n) is 11.7. The van der Waals surface area contributed by atoms with Gasteiger partial charge in [-0.3, -0.25) is 0 Å². The Morgan fingerprint density at radius 1 is 0.696 bits per heavy atom. The third kappa shape index (κ3) is 2.56. The normalized spacial score (nSPS) is 11.0. The molecule has 4 rings (SSSR count). The zero-order chi connectivity index (χ0) is 15.8. The van der Waals surface area contributed by atoms with Crippen LogP contribution in [0.5, 0.6) is 0 Å². The molecule has 4 aromatic rings. The molecule has 6 heteroatoms. The highest BCUT2D eigenvalue weighted by Crippen LogP contribution is 2.32. The molecule has 0 atom stereocenters. The molecule has 112 valence electrons. The molecule has 0 bridgehead atoms. The number of rotatable bonds is 2. The van der Waals surface area contributed by atoms with Gasteiger partial charge in [-0.25, -0.2) is 0 Å². The van der Waals surface area contributed by atoms with Gasteiger partial charge in [-0.15, -0.1) is 10.2 Å². The highest BCUT2D eigenvalue weighted by molar-refractivity contribution is 6.31. The molecule has 0 fully saturated rings. The lowest BCUT2D eigenvalue weighted by atomic mass is 10.1. The van der Waals surface area contributed by atoms with Crippen LogP contribution in [0.15, 0.2) is 59.3 Å². The summed E-state index contributed by atoms with van der Waals surface area (Å²) in [4.78, 5) is 0. The number of halogens is 2. The Bertz CT molecular complexity index is 900. The van der Waals surface area contributed by atoms with Crippen molar-refractivity contribution in [1.82, 2.24) is 15.4 Å². The van der Waals surface area contributed by atoms with Gasteiger partial charge in [-0.2, -0.15) is 0 Å². The van der Waals surface area contributed by atoms with E-state index in [1.165, 1.54) is 0 Å². The van der Waals surface area contributed by atoms with E-state index in [0.717, 1.165) is 16.5 Å². The summed E-state index contributed by atoms with van der Waals surface area (Å²) < 4.78 is 5.15. The topological polar surface area (TPSA) is 51.8 Å². The molecule has 0 N–H and O–H groups in total. The van der Waals surface area contributed by atoms with E-state index in [2.05, 4.69) is 15.4 Å². The standard InChI is InChI=1S/C17H9Cl2N3O/c18-12-5-1-10(2-6-12)15-14-9-23-22-17(14)16(21-20-15)11-3-7-13(19)8-4-11/h1-9H. The summed E-state index contributed by atoms with van der Waals surface area (Å²) in [6, 6.07) is 14.8. The minimum absolute atomic E-state index is 0.656. The summed E-state index contributed by atoms with van der Waals surface area (Å²) in [6.45, 7) is 0. The van der Waals surface area contributed by atoms with E-state index in [9.17, 15) is 0 Å². The fourth-order valence-corrected chi connectivity index (χ4v) is 2.65. The van der Waals surface area contributed by atoms with Gasteiger partial charge in [0.05, 0.1) is 5.39 Å². The fourth-order valence-electron chi connectivity index (χ4n) is 2.40. The number of hydrogen-bond acceptors (Lipinski definition) is 4. The van der Waals surface area contributed by atoms with Gasteiger partial charge in [0.25, 0.3) is 0 Å². The van der Waals surface area contributed by atoms with Crippen molar-refractivity contribution >= 4 is 34.1 Å². The van der Waals surface area contributed by atoms with Gasteiger partial charge in [0.1, 0.15) is 23.2 Å². The molecule has 0 saturated heterocycles. The minimum Gasteiger partial charge on any atom is -0.363 e. The number of nitrogens with zero attached hydrogens (tertiary/aromatic N) is 3. The maximum atomic E-state index is 5.94. The van der Waals surface area contributed by atoms with Crippen molar-refractivity contribution in [1.29, 1.82) is 0 Å². The Labute approximate surface area is 141 Å². The lowest BCUT2D eigenvalue weighted by Gasteiger charge is -2.05. The second-order valence-electron chi connectivity index (χ2n) is 4.99. The largest absolute Gasteiger partial charge is 0.363 e. The van der Waals surface area contributed by atoms with Gasteiger partial charge in [-0.05, 0) is 24.3 Å². The molecular weight excluding hydrogens is 333 g/mol. The Balaban J connectivity index is 1.91. The van der Waals surface area contributed by atoms with Gasteiger partial charge in [-0.1, -0.05) is 52.6 Å². The average Bonchev–Trinajstić information content (AvgIpc) is 3.05. The molecule has 0 aliphatic heterocycles. The second kappa shape index (κ2) is 5.65. The summed E-state index contributed by atoms with van der Waals surface area (Å²) in [6.07, 6.45) is 1.58. The Kier molecular flexibility index (Phi) is 3.48. The van der Waals surface area contributed by atoms with Crippen LogP contribution in [0, 0.1) is 0 Å². The van der Waals surface area contributed by atoms with Crippen LogP contribution in [0.4, 0.5) is 0 Å². The predicted molar refractivity (Wildman–Crippen MR) is 90.5 cm³/mol. The van der Waals surface area contributed by atoms with Crippen LogP contribution < -0.4 is 0 Å². The summed E-state index contributed by atoms with van der Waals surface area (Å²) in [5, 5.41) is 14.9. The molecule has 0 saturated carbocycles. The zero-order valence-corrected chi connectivity index (χ0v) is 13.2. The highest BCUT2D eigenvalue weighted by atomic mass is 35.5. The van der Waals surface area contributed by atoms with E-state index < -0.39 is 0 Å². The highest BCUT2D eigenvalue weighted by Gasteiger charge is 2.16. The van der Waals surface area contributed by atoms with Crippen molar-refractivity contribution in [3.8, 4) is 22.5 Å². The van der Waals surface area contributed by atoms with Gasteiger partial charge in [0.15, 0.2) is 0 Å². The Morgan fingerprint density at radius 3 is 1.83 bits per heavy atom. The third-order valence-corrected chi connectivity index (χ3v) is 4.04. The summed E-state index contributed by atoms with van der Waals surface area (Å²) in [5.74, 6) is 0. The molecule has 2 aromatic carbocycles. The van der Waals surface area contributed by atoms with Gasteiger partial charge in [0, 0.05) is 21.2 Å². The van der Waals surface area contributed by atoms with Crippen molar-refractivity contribution in [2.75, 3.05) is 0 Å². The first kappa shape index (κ1) is 14.2. The average molecular weight is 342 g/mol. The van der Waals surface area contributed by atoms with E-state index in [1.54, 1.807) is 18.4 Å². The molecule has 2 heterocycles. The second-order valence-corrected chi connectivity index (χ2v) is 5.86. The Morgan fingerprint density at radius 2 is 1.22 bits per heavy atom. The van der Waals surface area contributed by atoms with Gasteiger partial charge in [0.2, 0.25) is 0 Å². The molecule has 0 spiro atoms. The lowest BCUT2D eigenvalue weighted by molar-refractivity contribution is 0.428. The van der Waals surface area contributed by atoms with Crippen LogP contribution in [0.1, 0.15) is 0 Å². The quantitative estimate of drug-likeness (QED) is 0.499. The SMILES string of the molecule is Clc1ccc(-c2nnc(-c3ccc(Cl)cc3)c3nocc23)cc1. The van der Waals surface area contributed by atoms with Crippen molar-refractivity contribution < 1.29 is 4.52 Å². The summed E-state index contributed by atoms with van der Waals surface area (Å²) in [5.41, 5.74) is 3.80. The van der Waals surface area contributed by atoms with Crippen molar-refractivity contribution in [3.05, 3.63) is 64.8 Å². The van der Waals surface area contributed by atoms with E-state index in [4.69, 9.17) is 27.7 Å². The lowest BCUT2D eigenvalue weighted by Crippen LogP contribution is -1.93. The predicted octanol–water partition coefficient (Wildman–Crippen LogP) is 5.26. The summed E-state index contributed by atoms with van der Waals surface area (Å²) >= 11 is 11.9. The fraction of sp³-hybridized carbons (Fsp3) is 0. The maximum absolute atomic E-state index is 5.94.